The number of nitrogens with two attached hydrogens (primary N) is 1. The molecule has 1 aliphatic rings. The Balaban J connectivity index is 2.67. The summed E-state index contributed by atoms with van der Waals surface area (Å²) < 4.78 is 0. The van der Waals surface area contributed by atoms with E-state index in [9.17, 15) is 0 Å². The van der Waals surface area contributed by atoms with E-state index in [1.54, 1.807) is 0 Å². The third kappa shape index (κ3) is 1.63. The highest BCUT2D eigenvalue weighted by Gasteiger charge is 2.08. The van der Waals surface area contributed by atoms with Crippen LogP contribution in [0.1, 0.15) is 26.7 Å². The lowest BCUT2D eigenvalue weighted by atomic mass is 9.92. The first-order valence-electron chi connectivity index (χ1n) is 3.87. The zero-order valence-electron chi connectivity index (χ0n) is 6.72. The Morgan fingerprint density at radius 3 is 2.90 bits per heavy atom. The zero-order valence-corrected chi connectivity index (χ0v) is 6.72. The minimum atomic E-state index is 0.685. The van der Waals surface area contributed by atoms with Crippen molar-refractivity contribution in [1.29, 1.82) is 0 Å². The molecule has 1 heteroatoms. The summed E-state index contributed by atoms with van der Waals surface area (Å²) >= 11 is 0. The SMILES string of the molecule is CCC1C=C(N)C=C(C)C1. The Hall–Kier alpha value is -0.720. The van der Waals surface area contributed by atoms with E-state index in [4.69, 9.17) is 5.73 Å². The van der Waals surface area contributed by atoms with Crippen LogP contribution in [0.25, 0.3) is 0 Å². The summed E-state index contributed by atoms with van der Waals surface area (Å²) in [5.41, 5.74) is 8.03. The van der Waals surface area contributed by atoms with Gasteiger partial charge in [-0.1, -0.05) is 18.6 Å². The van der Waals surface area contributed by atoms with Crippen LogP contribution in [0.2, 0.25) is 0 Å². The molecule has 0 amide bonds. The Bertz CT molecular complexity index is 177. The average Bonchev–Trinajstić information content (AvgIpc) is 1.85. The van der Waals surface area contributed by atoms with Crippen LogP contribution in [0.3, 0.4) is 0 Å². The van der Waals surface area contributed by atoms with Crippen LogP contribution < -0.4 is 5.73 Å². The predicted octanol–water partition coefficient (Wildman–Crippen LogP) is 2.21. The number of allylic oxidation sites excluding steroid dienone is 3. The molecule has 0 aliphatic heterocycles. The van der Waals surface area contributed by atoms with Gasteiger partial charge in [-0.05, 0) is 31.8 Å². The van der Waals surface area contributed by atoms with Gasteiger partial charge in [0.05, 0.1) is 0 Å². The number of hydrogen-bond donors (Lipinski definition) is 1. The minimum absolute atomic E-state index is 0.685. The maximum atomic E-state index is 5.68. The molecule has 1 unspecified atom stereocenters. The molecule has 0 aromatic rings. The summed E-state index contributed by atoms with van der Waals surface area (Å²) in [5, 5.41) is 0. The highest BCUT2D eigenvalue weighted by Crippen LogP contribution is 2.22. The van der Waals surface area contributed by atoms with Crippen molar-refractivity contribution < 1.29 is 0 Å². The largest absolute Gasteiger partial charge is 0.399 e. The minimum Gasteiger partial charge on any atom is -0.399 e. The second kappa shape index (κ2) is 2.91. The lowest BCUT2D eigenvalue weighted by Gasteiger charge is -2.15. The van der Waals surface area contributed by atoms with Crippen molar-refractivity contribution in [2.45, 2.75) is 26.7 Å². The Morgan fingerprint density at radius 1 is 1.70 bits per heavy atom. The van der Waals surface area contributed by atoms with Crippen LogP contribution in [0.5, 0.6) is 0 Å². The smallest absolute Gasteiger partial charge is 0.0275 e. The van der Waals surface area contributed by atoms with E-state index in [0.29, 0.717) is 5.92 Å². The average molecular weight is 137 g/mol. The van der Waals surface area contributed by atoms with E-state index in [2.05, 4.69) is 26.0 Å². The van der Waals surface area contributed by atoms with E-state index in [1.807, 2.05) is 0 Å². The molecular formula is C9H15N. The van der Waals surface area contributed by atoms with Crippen molar-refractivity contribution in [2.24, 2.45) is 11.7 Å². The maximum Gasteiger partial charge on any atom is 0.0275 e. The molecule has 10 heavy (non-hydrogen) atoms. The number of rotatable bonds is 1. The van der Waals surface area contributed by atoms with Crippen molar-refractivity contribution in [3.05, 3.63) is 23.4 Å². The molecule has 2 N–H and O–H groups in total. The van der Waals surface area contributed by atoms with Gasteiger partial charge in [0.25, 0.3) is 0 Å². The summed E-state index contributed by atoms with van der Waals surface area (Å²) in [4.78, 5) is 0. The quantitative estimate of drug-likeness (QED) is 0.589. The third-order valence-electron chi connectivity index (χ3n) is 1.95. The molecule has 0 saturated carbocycles. The zero-order chi connectivity index (χ0) is 7.56. The molecule has 56 valence electrons. The Kier molecular flexibility index (Phi) is 2.15. The summed E-state index contributed by atoms with van der Waals surface area (Å²) in [6.07, 6.45) is 6.61. The van der Waals surface area contributed by atoms with Gasteiger partial charge in [-0.25, -0.2) is 0 Å². The lowest BCUT2D eigenvalue weighted by molar-refractivity contribution is 0.608. The molecule has 0 saturated heterocycles. The van der Waals surface area contributed by atoms with Gasteiger partial charge in [0.1, 0.15) is 0 Å². The topological polar surface area (TPSA) is 26.0 Å². The highest BCUT2D eigenvalue weighted by molar-refractivity contribution is 5.25. The van der Waals surface area contributed by atoms with Crippen molar-refractivity contribution in [1.82, 2.24) is 0 Å². The number of hydrogen-bond acceptors (Lipinski definition) is 1. The molecule has 1 atom stereocenters. The van der Waals surface area contributed by atoms with Gasteiger partial charge in [-0.3, -0.25) is 0 Å². The fourth-order valence-electron chi connectivity index (χ4n) is 1.40. The standard InChI is InChI=1S/C9H15N/c1-3-8-4-7(2)5-9(10)6-8/h5-6,8H,3-4,10H2,1-2H3. The van der Waals surface area contributed by atoms with Crippen molar-refractivity contribution in [3.63, 3.8) is 0 Å². The van der Waals surface area contributed by atoms with Gasteiger partial charge >= 0.3 is 0 Å². The van der Waals surface area contributed by atoms with E-state index in [0.717, 1.165) is 5.70 Å². The lowest BCUT2D eigenvalue weighted by Crippen LogP contribution is -2.06. The van der Waals surface area contributed by atoms with Crippen LogP contribution in [0.15, 0.2) is 23.4 Å². The predicted molar refractivity (Wildman–Crippen MR) is 44.4 cm³/mol. The second-order valence-corrected chi connectivity index (χ2v) is 3.03. The molecular weight excluding hydrogens is 122 g/mol. The molecule has 0 aromatic carbocycles. The van der Waals surface area contributed by atoms with Crippen LogP contribution in [0, 0.1) is 5.92 Å². The third-order valence-corrected chi connectivity index (χ3v) is 1.95. The molecule has 0 heterocycles. The summed E-state index contributed by atoms with van der Waals surface area (Å²) in [6.45, 7) is 4.34. The van der Waals surface area contributed by atoms with E-state index in [-0.39, 0.29) is 0 Å². The van der Waals surface area contributed by atoms with Gasteiger partial charge in [0.15, 0.2) is 0 Å². The van der Waals surface area contributed by atoms with E-state index < -0.39 is 0 Å². The maximum absolute atomic E-state index is 5.68. The van der Waals surface area contributed by atoms with Crippen molar-refractivity contribution in [3.8, 4) is 0 Å². The molecule has 0 radical (unpaired) electrons. The van der Waals surface area contributed by atoms with Gasteiger partial charge in [-0.2, -0.15) is 0 Å². The molecule has 1 aliphatic carbocycles. The molecule has 0 bridgehead atoms. The Labute approximate surface area is 62.6 Å². The molecule has 0 spiro atoms. The first kappa shape index (κ1) is 7.39. The van der Waals surface area contributed by atoms with Crippen LogP contribution in [-0.2, 0) is 0 Å². The first-order chi connectivity index (χ1) is 4.72. The second-order valence-electron chi connectivity index (χ2n) is 3.03. The molecule has 0 fully saturated rings. The fourth-order valence-corrected chi connectivity index (χ4v) is 1.40. The van der Waals surface area contributed by atoms with Crippen molar-refractivity contribution in [2.75, 3.05) is 0 Å². The van der Waals surface area contributed by atoms with Gasteiger partial charge in [0.2, 0.25) is 0 Å². The van der Waals surface area contributed by atoms with Gasteiger partial charge < -0.3 is 5.73 Å². The van der Waals surface area contributed by atoms with Crippen LogP contribution in [0.4, 0.5) is 0 Å². The Morgan fingerprint density at radius 2 is 2.40 bits per heavy atom. The van der Waals surface area contributed by atoms with E-state index >= 15 is 0 Å². The fraction of sp³-hybridized carbons (Fsp3) is 0.556. The van der Waals surface area contributed by atoms with Crippen LogP contribution >= 0.6 is 0 Å². The molecule has 1 nitrogen and oxygen atoms in total. The summed E-state index contributed by atoms with van der Waals surface area (Å²) in [7, 11) is 0. The van der Waals surface area contributed by atoms with Crippen molar-refractivity contribution >= 4 is 0 Å². The normalized spacial score (nSPS) is 25.6. The van der Waals surface area contributed by atoms with Crippen LogP contribution in [-0.4, -0.2) is 0 Å². The summed E-state index contributed by atoms with van der Waals surface area (Å²) in [6, 6.07) is 0. The highest BCUT2D eigenvalue weighted by atomic mass is 14.6. The molecule has 1 rings (SSSR count). The molecule has 0 aromatic heterocycles. The van der Waals surface area contributed by atoms with Gasteiger partial charge in [-0.15, -0.1) is 0 Å². The monoisotopic (exact) mass is 137 g/mol. The van der Waals surface area contributed by atoms with E-state index in [1.165, 1.54) is 18.4 Å². The van der Waals surface area contributed by atoms with Gasteiger partial charge in [0, 0.05) is 5.70 Å². The summed E-state index contributed by atoms with van der Waals surface area (Å²) in [5.74, 6) is 0.685. The first-order valence-corrected chi connectivity index (χ1v) is 3.87.